The van der Waals surface area contributed by atoms with Crippen LogP contribution in [0.2, 0.25) is 0 Å². The molecule has 0 spiro atoms. The zero-order valence-corrected chi connectivity index (χ0v) is 11.6. The van der Waals surface area contributed by atoms with Crippen molar-refractivity contribution in [2.75, 3.05) is 5.32 Å². The standard InChI is InChI=1S/C19H16FN/c20-18-8-4-5-15(13-18)14-21-19-11-9-17(10-12-19)16-6-2-1-3-7-16/h1-13,21H,14H2. The van der Waals surface area contributed by atoms with Crippen LogP contribution in [0.5, 0.6) is 0 Å². The smallest absolute Gasteiger partial charge is 0.123 e. The van der Waals surface area contributed by atoms with Crippen molar-refractivity contribution in [3.8, 4) is 11.1 Å². The van der Waals surface area contributed by atoms with Gasteiger partial charge in [0.05, 0.1) is 0 Å². The Morgan fingerprint density at radius 2 is 1.43 bits per heavy atom. The Morgan fingerprint density at radius 1 is 0.714 bits per heavy atom. The van der Waals surface area contributed by atoms with Crippen molar-refractivity contribution >= 4 is 5.69 Å². The molecule has 0 bridgehead atoms. The maximum Gasteiger partial charge on any atom is 0.123 e. The summed E-state index contributed by atoms with van der Waals surface area (Å²) < 4.78 is 13.1. The Labute approximate surface area is 124 Å². The fourth-order valence-electron chi connectivity index (χ4n) is 2.26. The van der Waals surface area contributed by atoms with E-state index < -0.39 is 0 Å². The molecule has 3 aromatic carbocycles. The van der Waals surface area contributed by atoms with E-state index in [0.29, 0.717) is 6.54 Å². The molecule has 3 aromatic rings. The van der Waals surface area contributed by atoms with Crippen LogP contribution in [0.4, 0.5) is 10.1 Å². The van der Waals surface area contributed by atoms with Crippen LogP contribution < -0.4 is 5.32 Å². The van der Waals surface area contributed by atoms with Crippen molar-refractivity contribution < 1.29 is 4.39 Å². The number of halogens is 1. The van der Waals surface area contributed by atoms with Gasteiger partial charge in [0.25, 0.3) is 0 Å². The molecule has 3 rings (SSSR count). The topological polar surface area (TPSA) is 12.0 Å². The van der Waals surface area contributed by atoms with Crippen molar-refractivity contribution in [2.24, 2.45) is 0 Å². The quantitative estimate of drug-likeness (QED) is 0.699. The first-order chi connectivity index (χ1) is 10.3. The third-order valence-electron chi connectivity index (χ3n) is 3.38. The third kappa shape index (κ3) is 3.48. The number of anilines is 1. The van der Waals surface area contributed by atoms with E-state index in [1.807, 2.05) is 36.4 Å². The molecule has 0 heterocycles. The number of hydrogen-bond donors (Lipinski definition) is 1. The predicted molar refractivity (Wildman–Crippen MR) is 85.6 cm³/mol. The van der Waals surface area contributed by atoms with Crippen LogP contribution in [0.15, 0.2) is 78.9 Å². The van der Waals surface area contributed by atoms with E-state index in [1.54, 1.807) is 12.1 Å². The minimum atomic E-state index is -0.200. The molecule has 0 unspecified atom stereocenters. The third-order valence-corrected chi connectivity index (χ3v) is 3.38. The molecular weight excluding hydrogens is 261 g/mol. The second-order valence-electron chi connectivity index (χ2n) is 4.93. The van der Waals surface area contributed by atoms with Gasteiger partial charge in [0.2, 0.25) is 0 Å². The van der Waals surface area contributed by atoms with Gasteiger partial charge in [-0.2, -0.15) is 0 Å². The Morgan fingerprint density at radius 3 is 2.14 bits per heavy atom. The van der Waals surface area contributed by atoms with Gasteiger partial charge in [0.15, 0.2) is 0 Å². The highest BCUT2D eigenvalue weighted by Crippen LogP contribution is 2.21. The van der Waals surface area contributed by atoms with Crippen LogP contribution in [-0.4, -0.2) is 0 Å². The second kappa shape index (κ2) is 6.23. The van der Waals surface area contributed by atoms with Crippen molar-refractivity contribution in [3.63, 3.8) is 0 Å². The summed E-state index contributed by atoms with van der Waals surface area (Å²) in [5.41, 5.74) is 4.35. The molecule has 0 aliphatic heterocycles. The zero-order chi connectivity index (χ0) is 14.5. The zero-order valence-electron chi connectivity index (χ0n) is 11.6. The normalized spacial score (nSPS) is 10.3. The number of nitrogens with one attached hydrogen (secondary N) is 1. The minimum Gasteiger partial charge on any atom is -0.381 e. The average Bonchev–Trinajstić information content (AvgIpc) is 2.54. The molecule has 0 aromatic heterocycles. The van der Waals surface area contributed by atoms with Gasteiger partial charge >= 0.3 is 0 Å². The lowest BCUT2D eigenvalue weighted by Gasteiger charge is -2.08. The maximum absolute atomic E-state index is 13.1. The summed E-state index contributed by atoms with van der Waals surface area (Å²) in [6.45, 7) is 0.614. The van der Waals surface area contributed by atoms with Gasteiger partial charge in [-0.15, -0.1) is 0 Å². The fourth-order valence-corrected chi connectivity index (χ4v) is 2.26. The summed E-state index contributed by atoms with van der Waals surface area (Å²) in [5.74, 6) is -0.200. The van der Waals surface area contributed by atoms with Crippen molar-refractivity contribution in [3.05, 3.63) is 90.2 Å². The molecule has 1 nitrogen and oxygen atoms in total. The summed E-state index contributed by atoms with van der Waals surface area (Å²) in [4.78, 5) is 0. The van der Waals surface area contributed by atoms with Gasteiger partial charge in [0, 0.05) is 12.2 Å². The van der Waals surface area contributed by atoms with Crippen molar-refractivity contribution in [1.82, 2.24) is 0 Å². The van der Waals surface area contributed by atoms with E-state index in [-0.39, 0.29) is 5.82 Å². The lowest BCUT2D eigenvalue weighted by Crippen LogP contribution is -1.99. The van der Waals surface area contributed by atoms with E-state index in [4.69, 9.17) is 0 Å². The van der Waals surface area contributed by atoms with Crippen LogP contribution in [0, 0.1) is 5.82 Å². The Hall–Kier alpha value is -2.61. The van der Waals surface area contributed by atoms with Crippen LogP contribution in [0.25, 0.3) is 11.1 Å². The van der Waals surface area contributed by atoms with Crippen LogP contribution >= 0.6 is 0 Å². The van der Waals surface area contributed by atoms with Gasteiger partial charge in [0.1, 0.15) is 5.82 Å². The van der Waals surface area contributed by atoms with Crippen LogP contribution in [0.1, 0.15) is 5.56 Å². The fraction of sp³-hybridized carbons (Fsp3) is 0.0526. The molecule has 21 heavy (non-hydrogen) atoms. The van der Waals surface area contributed by atoms with E-state index >= 15 is 0 Å². The van der Waals surface area contributed by atoms with Crippen LogP contribution in [0.3, 0.4) is 0 Å². The first-order valence-corrected chi connectivity index (χ1v) is 6.95. The first kappa shape index (κ1) is 13.4. The van der Waals surface area contributed by atoms with Gasteiger partial charge in [-0.05, 0) is 41.0 Å². The molecule has 2 heteroatoms. The first-order valence-electron chi connectivity index (χ1n) is 6.95. The van der Waals surface area contributed by atoms with Crippen molar-refractivity contribution in [1.29, 1.82) is 0 Å². The van der Waals surface area contributed by atoms with E-state index in [0.717, 1.165) is 11.3 Å². The molecule has 1 N–H and O–H groups in total. The Kier molecular flexibility index (Phi) is 3.97. The van der Waals surface area contributed by atoms with Gasteiger partial charge in [-0.25, -0.2) is 4.39 Å². The minimum absolute atomic E-state index is 0.200. The predicted octanol–water partition coefficient (Wildman–Crippen LogP) is 5.10. The summed E-state index contributed by atoms with van der Waals surface area (Å²) >= 11 is 0. The van der Waals surface area contributed by atoms with Gasteiger partial charge in [-0.3, -0.25) is 0 Å². The lowest BCUT2D eigenvalue weighted by molar-refractivity contribution is 0.626. The molecular formula is C19H16FN. The number of hydrogen-bond acceptors (Lipinski definition) is 1. The summed E-state index contributed by atoms with van der Waals surface area (Å²) in [6, 6.07) is 25.2. The molecule has 0 amide bonds. The number of benzene rings is 3. The monoisotopic (exact) mass is 277 g/mol. The van der Waals surface area contributed by atoms with Gasteiger partial charge in [-0.1, -0.05) is 54.6 Å². The highest BCUT2D eigenvalue weighted by atomic mass is 19.1. The molecule has 0 saturated heterocycles. The average molecular weight is 277 g/mol. The van der Waals surface area contributed by atoms with E-state index in [1.165, 1.54) is 17.2 Å². The van der Waals surface area contributed by atoms with Crippen LogP contribution in [-0.2, 0) is 6.54 Å². The second-order valence-corrected chi connectivity index (χ2v) is 4.93. The van der Waals surface area contributed by atoms with E-state index in [9.17, 15) is 4.39 Å². The summed E-state index contributed by atoms with van der Waals surface area (Å²) in [6.07, 6.45) is 0. The SMILES string of the molecule is Fc1cccc(CNc2ccc(-c3ccccc3)cc2)c1. The Balaban J connectivity index is 1.68. The molecule has 0 atom stereocenters. The lowest BCUT2D eigenvalue weighted by atomic mass is 10.1. The highest BCUT2D eigenvalue weighted by Gasteiger charge is 1.98. The molecule has 0 aliphatic carbocycles. The molecule has 0 saturated carbocycles. The number of rotatable bonds is 4. The maximum atomic E-state index is 13.1. The molecule has 0 fully saturated rings. The van der Waals surface area contributed by atoms with Crippen molar-refractivity contribution in [2.45, 2.75) is 6.54 Å². The Bertz CT molecular complexity index is 705. The highest BCUT2D eigenvalue weighted by molar-refractivity contribution is 5.65. The molecule has 104 valence electrons. The van der Waals surface area contributed by atoms with E-state index in [2.05, 4.69) is 29.6 Å². The molecule has 0 radical (unpaired) electrons. The van der Waals surface area contributed by atoms with Gasteiger partial charge < -0.3 is 5.32 Å². The molecule has 0 aliphatic rings. The summed E-state index contributed by atoms with van der Waals surface area (Å²) in [7, 11) is 0. The largest absolute Gasteiger partial charge is 0.381 e. The summed E-state index contributed by atoms with van der Waals surface area (Å²) in [5, 5.41) is 3.30.